The minimum atomic E-state index is -0.164. The summed E-state index contributed by atoms with van der Waals surface area (Å²) in [4.78, 5) is 14.8. The van der Waals surface area contributed by atoms with Crippen LogP contribution < -0.4 is 5.32 Å². The van der Waals surface area contributed by atoms with Gasteiger partial charge in [0.05, 0.1) is 16.4 Å². The standard InChI is InChI=1S/C25H28FN5S/c1-3-22-29-23-24(27-20-9-4-5-10-21(20)28-25(23)32-22)31-14-13-30(2)19(16-31)12-11-17-7-6-8-18(26)15-17/h4-10,15,19,28H,3,11-14,16H2,1-2H3. The summed E-state index contributed by atoms with van der Waals surface area (Å²) in [5, 5.41) is 5.75. The topological polar surface area (TPSA) is 43.8 Å². The quantitative estimate of drug-likeness (QED) is 0.592. The molecule has 5 rings (SSSR count). The Balaban J connectivity index is 1.42. The third-order valence-corrected chi connectivity index (χ3v) is 7.41. The smallest absolute Gasteiger partial charge is 0.158 e. The van der Waals surface area contributed by atoms with Gasteiger partial charge in [-0.15, -0.1) is 11.3 Å². The number of halogens is 1. The maximum atomic E-state index is 13.6. The van der Waals surface area contributed by atoms with Crippen molar-refractivity contribution in [3.8, 4) is 0 Å². The number of para-hydroxylation sites is 2. The predicted molar refractivity (Wildman–Crippen MR) is 130 cm³/mol. The zero-order valence-electron chi connectivity index (χ0n) is 18.5. The molecule has 2 aromatic carbocycles. The highest BCUT2D eigenvalue weighted by Crippen LogP contribution is 2.38. The normalized spacial score (nSPS) is 18.4. The molecule has 3 aromatic rings. The molecule has 2 aliphatic rings. The van der Waals surface area contributed by atoms with Crippen LogP contribution in [0.3, 0.4) is 0 Å². The maximum absolute atomic E-state index is 13.6. The fourth-order valence-electron chi connectivity index (χ4n) is 4.41. The zero-order chi connectivity index (χ0) is 22.1. The van der Waals surface area contributed by atoms with Crippen molar-refractivity contribution in [2.45, 2.75) is 32.2 Å². The molecule has 1 fully saturated rings. The number of rotatable bonds is 4. The average Bonchev–Trinajstić information content (AvgIpc) is 3.14. The molecule has 0 spiro atoms. The van der Waals surface area contributed by atoms with Gasteiger partial charge < -0.3 is 10.2 Å². The number of piperazine rings is 1. The van der Waals surface area contributed by atoms with Crippen molar-refractivity contribution in [2.75, 3.05) is 32.0 Å². The molecular formula is C25H28FN5S. The van der Waals surface area contributed by atoms with Crippen LogP contribution in [0.4, 0.5) is 20.8 Å². The number of hydrogen-bond donors (Lipinski definition) is 1. The van der Waals surface area contributed by atoms with Crippen molar-refractivity contribution in [1.29, 1.82) is 0 Å². The Kier molecular flexibility index (Phi) is 5.93. The lowest BCUT2D eigenvalue weighted by atomic mass is 10.0. The van der Waals surface area contributed by atoms with Crippen molar-refractivity contribution in [3.63, 3.8) is 0 Å². The number of hydrogen-bond acceptors (Lipinski definition) is 6. The first kappa shape index (κ1) is 21.1. The van der Waals surface area contributed by atoms with Gasteiger partial charge >= 0.3 is 0 Å². The summed E-state index contributed by atoms with van der Waals surface area (Å²) in [6.45, 7) is 4.89. The van der Waals surface area contributed by atoms with Gasteiger partial charge in [0.2, 0.25) is 0 Å². The summed E-state index contributed by atoms with van der Waals surface area (Å²) in [7, 11) is 2.18. The largest absolute Gasteiger partial charge is 0.352 e. The molecule has 32 heavy (non-hydrogen) atoms. The van der Waals surface area contributed by atoms with Crippen LogP contribution in [-0.2, 0) is 12.8 Å². The van der Waals surface area contributed by atoms with Crippen LogP contribution in [0.25, 0.3) is 0 Å². The molecule has 0 amide bonds. The molecular weight excluding hydrogens is 421 g/mol. The van der Waals surface area contributed by atoms with Crippen molar-refractivity contribution in [1.82, 2.24) is 14.8 Å². The first-order valence-corrected chi connectivity index (χ1v) is 12.1. The van der Waals surface area contributed by atoms with Crippen LogP contribution in [0.5, 0.6) is 0 Å². The molecule has 0 aliphatic carbocycles. The molecule has 0 bridgehead atoms. The number of nitrogens with zero attached hydrogens (tertiary/aromatic N) is 4. The molecule has 7 heteroatoms. The molecule has 1 unspecified atom stereocenters. The summed E-state index contributed by atoms with van der Waals surface area (Å²) in [5.41, 5.74) is 3.97. The van der Waals surface area contributed by atoms with Crippen LogP contribution in [0.15, 0.2) is 53.5 Å². The Labute approximate surface area is 192 Å². The molecule has 166 valence electrons. The lowest BCUT2D eigenvalue weighted by Gasteiger charge is -2.40. The SMILES string of the molecule is CCc1nc2c(s1)Nc1ccccc1N=C2N1CCN(C)C(CCc2cccc(F)c2)C1. The number of nitrogens with one attached hydrogen (secondary N) is 1. The van der Waals surface area contributed by atoms with Gasteiger partial charge in [0.25, 0.3) is 0 Å². The number of aryl methyl sites for hydroxylation is 2. The van der Waals surface area contributed by atoms with E-state index in [0.29, 0.717) is 6.04 Å². The monoisotopic (exact) mass is 449 g/mol. The van der Waals surface area contributed by atoms with Crippen molar-refractivity contribution < 1.29 is 4.39 Å². The highest BCUT2D eigenvalue weighted by molar-refractivity contribution is 7.16. The van der Waals surface area contributed by atoms with E-state index in [2.05, 4.69) is 41.2 Å². The second-order valence-electron chi connectivity index (χ2n) is 8.47. The first-order valence-electron chi connectivity index (χ1n) is 11.2. The number of likely N-dealkylation sites (N-methyl/N-ethyl adjacent to an activating group) is 1. The first-order chi connectivity index (χ1) is 15.6. The Morgan fingerprint density at radius 3 is 2.88 bits per heavy atom. The van der Waals surface area contributed by atoms with Crippen LogP contribution in [0, 0.1) is 5.82 Å². The summed E-state index contributed by atoms with van der Waals surface area (Å²) in [6.07, 6.45) is 2.75. The van der Waals surface area contributed by atoms with Gasteiger partial charge in [-0.25, -0.2) is 14.4 Å². The van der Waals surface area contributed by atoms with E-state index in [0.717, 1.165) is 77.4 Å². The fourth-order valence-corrected chi connectivity index (χ4v) is 5.33. The molecule has 3 heterocycles. The van der Waals surface area contributed by atoms with Crippen molar-refractivity contribution in [2.24, 2.45) is 4.99 Å². The van der Waals surface area contributed by atoms with Crippen molar-refractivity contribution >= 4 is 33.5 Å². The molecule has 0 radical (unpaired) electrons. The van der Waals surface area contributed by atoms with E-state index in [9.17, 15) is 4.39 Å². The average molecular weight is 450 g/mol. The number of anilines is 2. The number of fused-ring (bicyclic) bond motifs is 2. The third kappa shape index (κ3) is 4.27. The Bertz CT molecular complexity index is 1140. The van der Waals surface area contributed by atoms with E-state index in [4.69, 9.17) is 9.98 Å². The molecule has 1 saturated heterocycles. The molecule has 5 nitrogen and oxygen atoms in total. The maximum Gasteiger partial charge on any atom is 0.158 e. The second kappa shape index (κ2) is 9.00. The molecule has 1 atom stereocenters. The van der Waals surface area contributed by atoms with E-state index in [1.54, 1.807) is 23.5 Å². The van der Waals surface area contributed by atoms with Gasteiger partial charge in [-0.2, -0.15) is 0 Å². The van der Waals surface area contributed by atoms with E-state index in [-0.39, 0.29) is 5.82 Å². The van der Waals surface area contributed by atoms with Gasteiger partial charge in [-0.1, -0.05) is 31.2 Å². The zero-order valence-corrected chi connectivity index (χ0v) is 19.3. The number of amidine groups is 1. The van der Waals surface area contributed by atoms with E-state index < -0.39 is 0 Å². The second-order valence-corrected chi connectivity index (χ2v) is 9.55. The van der Waals surface area contributed by atoms with Gasteiger partial charge in [-0.05, 0) is 56.1 Å². The summed E-state index contributed by atoms with van der Waals surface area (Å²) < 4.78 is 13.6. The van der Waals surface area contributed by atoms with Gasteiger partial charge in [0, 0.05) is 25.7 Å². The van der Waals surface area contributed by atoms with Crippen LogP contribution >= 0.6 is 11.3 Å². The summed E-state index contributed by atoms with van der Waals surface area (Å²) in [5.74, 6) is 0.792. The Hall–Kier alpha value is -2.77. The summed E-state index contributed by atoms with van der Waals surface area (Å²) >= 11 is 1.71. The van der Waals surface area contributed by atoms with Crippen LogP contribution in [-0.4, -0.2) is 53.3 Å². The van der Waals surface area contributed by atoms with E-state index in [1.165, 1.54) is 6.07 Å². The molecule has 0 saturated carbocycles. The lowest BCUT2D eigenvalue weighted by molar-refractivity contribution is 0.134. The van der Waals surface area contributed by atoms with Gasteiger partial charge in [0.1, 0.15) is 16.5 Å². The van der Waals surface area contributed by atoms with E-state index >= 15 is 0 Å². The molecule has 1 N–H and O–H groups in total. The van der Waals surface area contributed by atoms with Crippen LogP contribution in [0.2, 0.25) is 0 Å². The van der Waals surface area contributed by atoms with Crippen molar-refractivity contribution in [3.05, 3.63) is 70.6 Å². The Morgan fingerprint density at radius 1 is 1.16 bits per heavy atom. The molecule has 1 aromatic heterocycles. The van der Waals surface area contributed by atoms with E-state index in [1.807, 2.05) is 18.2 Å². The number of aromatic nitrogens is 1. The Morgan fingerprint density at radius 2 is 2.03 bits per heavy atom. The minimum absolute atomic E-state index is 0.164. The fraction of sp³-hybridized carbons (Fsp3) is 0.360. The van der Waals surface area contributed by atoms with Gasteiger partial charge in [0.15, 0.2) is 5.84 Å². The minimum Gasteiger partial charge on any atom is -0.352 e. The number of benzene rings is 2. The lowest BCUT2D eigenvalue weighted by Crippen LogP contribution is -2.53. The highest BCUT2D eigenvalue weighted by atomic mass is 32.1. The highest BCUT2D eigenvalue weighted by Gasteiger charge is 2.31. The third-order valence-electron chi connectivity index (χ3n) is 6.30. The van der Waals surface area contributed by atoms with Gasteiger partial charge in [-0.3, -0.25) is 4.90 Å². The number of thiazole rings is 1. The number of aliphatic imine (C=N–C) groups is 1. The predicted octanol–water partition coefficient (Wildman–Crippen LogP) is 5.23. The summed E-state index contributed by atoms with van der Waals surface area (Å²) in [6, 6.07) is 15.5. The molecule has 2 aliphatic heterocycles. The van der Waals surface area contributed by atoms with Crippen LogP contribution in [0.1, 0.15) is 29.6 Å².